The molecule has 2 aromatic rings. The molecule has 0 aliphatic carbocycles. The van der Waals surface area contributed by atoms with E-state index in [1.54, 1.807) is 6.20 Å². The number of hydrogen-bond acceptors (Lipinski definition) is 3. The van der Waals surface area contributed by atoms with Crippen molar-refractivity contribution < 1.29 is 0 Å². The van der Waals surface area contributed by atoms with Crippen molar-refractivity contribution in [1.82, 2.24) is 15.3 Å². The molecule has 0 saturated heterocycles. The van der Waals surface area contributed by atoms with E-state index in [4.69, 9.17) is 0 Å². The van der Waals surface area contributed by atoms with Gasteiger partial charge in [0.25, 0.3) is 0 Å². The second kappa shape index (κ2) is 5.89. The average molecular weight is 256 g/mol. The van der Waals surface area contributed by atoms with E-state index in [0.717, 1.165) is 31.9 Å². The molecule has 4 heteroatoms. The molecule has 4 nitrogen and oxygen atoms in total. The number of rotatable bonds is 5. The number of nitrogens with one attached hydrogen (secondary N) is 3. The van der Waals surface area contributed by atoms with Crippen molar-refractivity contribution in [2.45, 2.75) is 25.8 Å². The maximum absolute atomic E-state index is 4.22. The second-order valence-electron chi connectivity index (χ2n) is 4.94. The minimum absolute atomic E-state index is 0.914. The molecule has 0 atom stereocenters. The quantitative estimate of drug-likeness (QED) is 0.718. The smallest absolute Gasteiger partial charge is 0.107 e. The van der Waals surface area contributed by atoms with E-state index in [9.17, 15) is 0 Å². The number of imidazole rings is 1. The predicted molar refractivity (Wildman–Crippen MR) is 77.3 cm³/mol. The lowest BCUT2D eigenvalue weighted by atomic mass is 9.99. The largest absolute Gasteiger partial charge is 0.385 e. The zero-order valence-corrected chi connectivity index (χ0v) is 11.1. The summed E-state index contributed by atoms with van der Waals surface area (Å²) in [6, 6.07) is 6.60. The number of aryl methyl sites for hydroxylation is 1. The van der Waals surface area contributed by atoms with E-state index in [1.165, 1.54) is 29.7 Å². The van der Waals surface area contributed by atoms with Crippen LogP contribution in [0.5, 0.6) is 0 Å². The van der Waals surface area contributed by atoms with Crippen LogP contribution in [0.15, 0.2) is 30.6 Å². The summed E-state index contributed by atoms with van der Waals surface area (Å²) in [6.07, 6.45) is 7.04. The number of aromatic nitrogens is 2. The van der Waals surface area contributed by atoms with Crippen LogP contribution >= 0.6 is 0 Å². The normalized spacial score (nSPS) is 13.9. The first kappa shape index (κ1) is 12.2. The summed E-state index contributed by atoms with van der Waals surface area (Å²) in [5.74, 6) is 1.04. The van der Waals surface area contributed by atoms with E-state index >= 15 is 0 Å². The number of fused-ring (bicyclic) bond motifs is 1. The van der Waals surface area contributed by atoms with E-state index in [0.29, 0.717) is 0 Å². The summed E-state index contributed by atoms with van der Waals surface area (Å²) in [6.45, 7) is 2.95. The van der Waals surface area contributed by atoms with Crippen LogP contribution in [0.4, 0.5) is 5.69 Å². The Morgan fingerprint density at radius 2 is 2.32 bits per heavy atom. The summed E-state index contributed by atoms with van der Waals surface area (Å²) >= 11 is 0. The van der Waals surface area contributed by atoms with Gasteiger partial charge in [-0.1, -0.05) is 18.2 Å². The number of H-pyrrole nitrogens is 1. The maximum Gasteiger partial charge on any atom is 0.107 e. The molecule has 0 spiro atoms. The Morgan fingerprint density at radius 1 is 1.32 bits per heavy atom. The fourth-order valence-corrected chi connectivity index (χ4v) is 2.59. The van der Waals surface area contributed by atoms with Crippen molar-refractivity contribution in [3.05, 3.63) is 47.5 Å². The summed E-state index contributed by atoms with van der Waals surface area (Å²) in [5, 5.41) is 7.02. The number of nitrogens with zero attached hydrogens (tertiary/aromatic N) is 1. The predicted octanol–water partition coefficient (Wildman–Crippen LogP) is 2.10. The zero-order valence-electron chi connectivity index (χ0n) is 11.1. The van der Waals surface area contributed by atoms with Gasteiger partial charge < -0.3 is 15.6 Å². The van der Waals surface area contributed by atoms with Crippen LogP contribution in [0.1, 0.15) is 23.4 Å². The van der Waals surface area contributed by atoms with Gasteiger partial charge in [-0.15, -0.1) is 0 Å². The molecule has 1 aromatic heterocycles. The molecule has 3 rings (SSSR count). The van der Waals surface area contributed by atoms with Crippen molar-refractivity contribution in [2.24, 2.45) is 0 Å². The summed E-state index contributed by atoms with van der Waals surface area (Å²) in [5.41, 5.74) is 4.17. The lowest BCUT2D eigenvalue weighted by Crippen LogP contribution is -2.20. The Hall–Kier alpha value is -1.81. The first-order chi connectivity index (χ1) is 9.43. The molecule has 1 aliphatic heterocycles. The fraction of sp³-hybridized carbons (Fsp3) is 0.400. The van der Waals surface area contributed by atoms with E-state index in [1.807, 2.05) is 6.20 Å². The molecule has 0 amide bonds. The third kappa shape index (κ3) is 2.96. The van der Waals surface area contributed by atoms with Gasteiger partial charge in [0.1, 0.15) is 5.82 Å². The van der Waals surface area contributed by atoms with Crippen molar-refractivity contribution in [2.75, 3.05) is 18.4 Å². The number of para-hydroxylation sites is 1. The summed E-state index contributed by atoms with van der Waals surface area (Å²) in [4.78, 5) is 7.35. The molecule has 19 heavy (non-hydrogen) atoms. The molecule has 1 aromatic carbocycles. The van der Waals surface area contributed by atoms with Crippen LogP contribution in [0, 0.1) is 0 Å². The van der Waals surface area contributed by atoms with Gasteiger partial charge in [0.2, 0.25) is 0 Å². The van der Waals surface area contributed by atoms with Gasteiger partial charge in [0.05, 0.1) is 0 Å². The van der Waals surface area contributed by atoms with Crippen molar-refractivity contribution >= 4 is 5.69 Å². The van der Waals surface area contributed by atoms with Crippen LogP contribution in [-0.2, 0) is 19.4 Å². The first-order valence-electron chi connectivity index (χ1n) is 6.97. The highest BCUT2D eigenvalue weighted by atomic mass is 14.9. The number of anilines is 1. The van der Waals surface area contributed by atoms with Gasteiger partial charge in [0.15, 0.2) is 0 Å². The molecule has 0 radical (unpaired) electrons. The SMILES string of the molecule is c1cc2c(c(CNCCc3ncc[nH]3)c1)NCCC2. The fourth-order valence-electron chi connectivity index (χ4n) is 2.59. The molecule has 100 valence electrons. The summed E-state index contributed by atoms with van der Waals surface area (Å²) in [7, 11) is 0. The topological polar surface area (TPSA) is 52.7 Å². The molecular weight excluding hydrogens is 236 g/mol. The van der Waals surface area contributed by atoms with Crippen molar-refractivity contribution in [3.63, 3.8) is 0 Å². The monoisotopic (exact) mass is 256 g/mol. The number of benzene rings is 1. The van der Waals surface area contributed by atoms with Gasteiger partial charge in [-0.3, -0.25) is 0 Å². The van der Waals surface area contributed by atoms with Gasteiger partial charge in [0, 0.05) is 44.1 Å². The number of aromatic amines is 1. The molecule has 0 bridgehead atoms. The highest BCUT2D eigenvalue weighted by molar-refractivity contribution is 5.59. The third-order valence-corrected chi connectivity index (χ3v) is 3.57. The first-order valence-corrected chi connectivity index (χ1v) is 6.97. The lowest BCUT2D eigenvalue weighted by molar-refractivity contribution is 0.672. The Bertz CT molecular complexity index is 519. The van der Waals surface area contributed by atoms with Crippen LogP contribution in [-0.4, -0.2) is 23.1 Å². The Labute approximate surface area is 113 Å². The van der Waals surface area contributed by atoms with Crippen LogP contribution < -0.4 is 10.6 Å². The number of hydrogen-bond donors (Lipinski definition) is 3. The minimum atomic E-state index is 0.914. The van der Waals surface area contributed by atoms with Crippen LogP contribution in [0.25, 0.3) is 0 Å². The van der Waals surface area contributed by atoms with Crippen LogP contribution in [0.2, 0.25) is 0 Å². The molecular formula is C15H20N4. The van der Waals surface area contributed by atoms with Crippen LogP contribution in [0.3, 0.4) is 0 Å². The highest BCUT2D eigenvalue weighted by Gasteiger charge is 2.11. The van der Waals surface area contributed by atoms with Crippen molar-refractivity contribution in [3.8, 4) is 0 Å². The minimum Gasteiger partial charge on any atom is -0.385 e. The Kier molecular flexibility index (Phi) is 3.79. The molecule has 2 heterocycles. The lowest BCUT2D eigenvalue weighted by Gasteiger charge is -2.21. The Balaban J connectivity index is 1.55. The highest BCUT2D eigenvalue weighted by Crippen LogP contribution is 2.25. The van der Waals surface area contributed by atoms with Gasteiger partial charge in [-0.25, -0.2) is 4.98 Å². The van der Waals surface area contributed by atoms with Gasteiger partial charge >= 0.3 is 0 Å². The average Bonchev–Trinajstić information content (AvgIpc) is 2.97. The van der Waals surface area contributed by atoms with E-state index in [-0.39, 0.29) is 0 Å². The van der Waals surface area contributed by atoms with Gasteiger partial charge in [-0.2, -0.15) is 0 Å². The van der Waals surface area contributed by atoms with Gasteiger partial charge in [-0.05, 0) is 24.0 Å². The molecule has 0 fully saturated rings. The van der Waals surface area contributed by atoms with Crippen molar-refractivity contribution in [1.29, 1.82) is 0 Å². The summed E-state index contributed by atoms with van der Waals surface area (Å²) < 4.78 is 0. The van der Waals surface area contributed by atoms with E-state index in [2.05, 4.69) is 38.8 Å². The maximum atomic E-state index is 4.22. The molecule has 3 N–H and O–H groups in total. The third-order valence-electron chi connectivity index (χ3n) is 3.57. The standard InChI is InChI=1S/C15H20N4/c1-3-12-5-2-7-19-15(12)13(4-1)11-16-8-6-14-17-9-10-18-14/h1,3-4,9-10,16,19H,2,5-8,11H2,(H,17,18). The zero-order chi connectivity index (χ0) is 12.9. The second-order valence-corrected chi connectivity index (χ2v) is 4.94. The molecule has 0 unspecified atom stereocenters. The molecule has 1 aliphatic rings. The van der Waals surface area contributed by atoms with E-state index < -0.39 is 0 Å². The molecule has 0 saturated carbocycles. The Morgan fingerprint density at radius 3 is 3.21 bits per heavy atom.